The van der Waals surface area contributed by atoms with Crippen LogP contribution in [0, 0.1) is 5.41 Å². The normalized spacial score (nSPS) is 12.9. The van der Waals surface area contributed by atoms with Gasteiger partial charge in [0, 0.05) is 23.6 Å². The number of thioether (sulfide) groups is 1. The van der Waals surface area contributed by atoms with Gasteiger partial charge in [0.25, 0.3) is 5.91 Å². The molecule has 6 heteroatoms. The third-order valence-corrected chi connectivity index (χ3v) is 5.53. The van der Waals surface area contributed by atoms with Crippen LogP contribution >= 0.6 is 11.8 Å². The topological polar surface area (TPSA) is 59.3 Å². The number of rotatable bonds is 5. The van der Waals surface area contributed by atoms with Gasteiger partial charge in [-0.1, -0.05) is 50.7 Å². The Kier molecular flexibility index (Phi) is 5.32. The summed E-state index contributed by atoms with van der Waals surface area (Å²) in [5, 5.41) is 12.3. The fourth-order valence-corrected chi connectivity index (χ4v) is 3.19. The molecule has 0 fully saturated rings. The van der Waals surface area contributed by atoms with Crippen molar-refractivity contribution in [3.63, 3.8) is 0 Å². The van der Waals surface area contributed by atoms with Crippen LogP contribution in [0.2, 0.25) is 0 Å². The van der Waals surface area contributed by atoms with E-state index < -0.39 is 0 Å². The van der Waals surface area contributed by atoms with E-state index in [-0.39, 0.29) is 17.4 Å². The average molecular weight is 369 g/mol. The van der Waals surface area contributed by atoms with Crippen molar-refractivity contribution in [1.29, 1.82) is 0 Å². The van der Waals surface area contributed by atoms with Gasteiger partial charge in [-0.2, -0.15) is 0 Å². The van der Waals surface area contributed by atoms with Gasteiger partial charge in [-0.3, -0.25) is 9.20 Å². The number of amides is 1. The summed E-state index contributed by atoms with van der Waals surface area (Å²) >= 11 is 1.63. The summed E-state index contributed by atoms with van der Waals surface area (Å²) < 4.78 is 1.97. The highest BCUT2D eigenvalue weighted by atomic mass is 32.2. The Labute approximate surface area is 158 Å². The molecule has 136 valence electrons. The first kappa shape index (κ1) is 18.5. The lowest BCUT2D eigenvalue weighted by Crippen LogP contribution is -2.41. The van der Waals surface area contributed by atoms with Crippen LogP contribution in [0.4, 0.5) is 0 Å². The first-order valence-electron chi connectivity index (χ1n) is 8.67. The molecular weight excluding hydrogens is 344 g/mol. The second-order valence-corrected chi connectivity index (χ2v) is 8.40. The highest BCUT2D eigenvalue weighted by Crippen LogP contribution is 2.22. The number of aromatic nitrogens is 3. The maximum Gasteiger partial charge on any atom is 0.251 e. The third kappa shape index (κ3) is 4.25. The van der Waals surface area contributed by atoms with Gasteiger partial charge < -0.3 is 5.32 Å². The Bertz CT molecular complexity index is 896. The zero-order valence-electron chi connectivity index (χ0n) is 15.6. The lowest BCUT2D eigenvalue weighted by molar-refractivity contribution is 0.0910. The summed E-state index contributed by atoms with van der Waals surface area (Å²) in [6, 6.07) is 13.7. The zero-order chi connectivity index (χ0) is 18.7. The largest absolute Gasteiger partial charge is 0.349 e. The van der Waals surface area contributed by atoms with Crippen LogP contribution in [0.15, 0.2) is 53.8 Å². The Balaban J connectivity index is 1.62. The van der Waals surface area contributed by atoms with Gasteiger partial charge in [0.2, 0.25) is 0 Å². The number of hydrogen-bond donors (Lipinski definition) is 1. The number of carbonyl (C=O) groups is 1. The van der Waals surface area contributed by atoms with Gasteiger partial charge in [-0.05, 0) is 42.2 Å². The van der Waals surface area contributed by atoms with Crippen molar-refractivity contribution >= 4 is 23.3 Å². The predicted octanol–water partition coefficient (Wildman–Crippen LogP) is 4.19. The van der Waals surface area contributed by atoms with Gasteiger partial charge in [0.15, 0.2) is 10.8 Å². The zero-order valence-corrected chi connectivity index (χ0v) is 16.4. The molecule has 1 aromatic carbocycles. The first-order chi connectivity index (χ1) is 12.3. The Hall–Kier alpha value is -2.34. The summed E-state index contributed by atoms with van der Waals surface area (Å²) in [6.45, 7) is 8.39. The molecule has 1 amide bonds. The molecule has 5 nitrogen and oxygen atoms in total. The number of pyridine rings is 1. The molecule has 0 unspecified atom stereocenters. The molecule has 1 atom stereocenters. The molecule has 0 aliphatic heterocycles. The number of hydrogen-bond acceptors (Lipinski definition) is 4. The van der Waals surface area contributed by atoms with Gasteiger partial charge in [0.1, 0.15) is 0 Å². The maximum atomic E-state index is 12.4. The molecule has 0 aliphatic rings. The number of nitrogens with one attached hydrogen (secondary N) is 1. The molecule has 0 aliphatic carbocycles. The van der Waals surface area contributed by atoms with Crippen molar-refractivity contribution in [2.75, 3.05) is 0 Å². The van der Waals surface area contributed by atoms with Crippen molar-refractivity contribution in [2.24, 2.45) is 5.41 Å². The van der Waals surface area contributed by atoms with Gasteiger partial charge in [-0.15, -0.1) is 10.2 Å². The minimum Gasteiger partial charge on any atom is -0.349 e. The van der Waals surface area contributed by atoms with E-state index in [9.17, 15) is 4.79 Å². The van der Waals surface area contributed by atoms with Crippen molar-refractivity contribution in [3.8, 4) is 0 Å². The highest BCUT2D eigenvalue weighted by Gasteiger charge is 2.22. The summed E-state index contributed by atoms with van der Waals surface area (Å²) in [6.07, 6.45) is 1.96. The minimum absolute atomic E-state index is 0.0323. The van der Waals surface area contributed by atoms with E-state index in [1.54, 1.807) is 11.8 Å². The van der Waals surface area contributed by atoms with Crippen LogP contribution in [-0.4, -0.2) is 26.5 Å². The molecular formula is C20H24N4OS. The molecule has 0 bridgehead atoms. The molecule has 26 heavy (non-hydrogen) atoms. The quantitative estimate of drug-likeness (QED) is 0.686. The van der Waals surface area contributed by atoms with Gasteiger partial charge >= 0.3 is 0 Å². The molecule has 0 radical (unpaired) electrons. The van der Waals surface area contributed by atoms with Crippen LogP contribution in [-0.2, 0) is 5.75 Å². The molecule has 3 aromatic rings. The molecule has 0 spiro atoms. The van der Waals surface area contributed by atoms with E-state index in [0.29, 0.717) is 5.56 Å². The molecule has 2 aromatic heterocycles. The molecule has 0 saturated heterocycles. The van der Waals surface area contributed by atoms with E-state index >= 15 is 0 Å². The SMILES string of the molecule is C[C@@H](NC(=O)c1ccc(CSc2nnc3ccccn23)cc1)C(C)(C)C. The van der Waals surface area contributed by atoms with Crippen LogP contribution in [0.1, 0.15) is 43.6 Å². The van der Waals surface area contributed by atoms with Crippen LogP contribution in [0.3, 0.4) is 0 Å². The second kappa shape index (κ2) is 7.50. The summed E-state index contributed by atoms with van der Waals surface area (Å²) in [5.41, 5.74) is 2.70. The third-order valence-electron chi connectivity index (χ3n) is 4.51. The van der Waals surface area contributed by atoms with Gasteiger partial charge in [0.05, 0.1) is 0 Å². The maximum absolute atomic E-state index is 12.4. The molecule has 0 saturated carbocycles. The van der Waals surface area contributed by atoms with Crippen LogP contribution in [0.25, 0.3) is 5.65 Å². The molecule has 2 heterocycles. The molecule has 1 N–H and O–H groups in total. The Morgan fingerprint density at radius 2 is 1.88 bits per heavy atom. The van der Waals surface area contributed by atoms with Crippen molar-refractivity contribution in [2.45, 2.75) is 44.6 Å². The Morgan fingerprint density at radius 3 is 2.58 bits per heavy atom. The van der Waals surface area contributed by atoms with E-state index in [4.69, 9.17) is 0 Å². The van der Waals surface area contributed by atoms with Crippen molar-refractivity contribution < 1.29 is 4.79 Å². The number of nitrogens with zero attached hydrogens (tertiary/aromatic N) is 3. The van der Waals surface area contributed by atoms with Gasteiger partial charge in [-0.25, -0.2) is 0 Å². The first-order valence-corrected chi connectivity index (χ1v) is 9.65. The smallest absolute Gasteiger partial charge is 0.251 e. The van der Waals surface area contributed by atoms with Crippen molar-refractivity contribution in [3.05, 3.63) is 59.8 Å². The standard InChI is InChI=1S/C20H24N4OS/c1-14(20(2,3)4)21-18(25)16-10-8-15(9-11-16)13-26-19-23-22-17-7-5-6-12-24(17)19/h5-12,14H,13H2,1-4H3,(H,21,25)/t14-/m1/s1. The van der Waals surface area contributed by atoms with Crippen molar-refractivity contribution in [1.82, 2.24) is 19.9 Å². The van der Waals surface area contributed by atoms with E-state index in [0.717, 1.165) is 22.1 Å². The summed E-state index contributed by atoms with van der Waals surface area (Å²) in [7, 11) is 0. The Morgan fingerprint density at radius 1 is 1.15 bits per heavy atom. The minimum atomic E-state index is -0.0323. The second-order valence-electron chi connectivity index (χ2n) is 7.46. The predicted molar refractivity (Wildman–Crippen MR) is 105 cm³/mol. The lowest BCUT2D eigenvalue weighted by atomic mass is 9.88. The lowest BCUT2D eigenvalue weighted by Gasteiger charge is -2.28. The van der Waals surface area contributed by atoms with E-state index in [1.165, 1.54) is 0 Å². The number of fused-ring (bicyclic) bond motifs is 1. The fraction of sp³-hybridized carbons (Fsp3) is 0.350. The summed E-state index contributed by atoms with van der Waals surface area (Å²) in [5.74, 6) is 0.741. The van der Waals surface area contributed by atoms with Crippen LogP contribution < -0.4 is 5.32 Å². The summed E-state index contributed by atoms with van der Waals surface area (Å²) in [4.78, 5) is 12.4. The van der Waals surface area contributed by atoms with E-state index in [1.807, 2.05) is 60.0 Å². The monoisotopic (exact) mass is 368 g/mol. The molecule has 3 rings (SSSR count). The van der Waals surface area contributed by atoms with E-state index in [2.05, 4.69) is 36.3 Å². The number of carbonyl (C=O) groups excluding carboxylic acids is 1. The highest BCUT2D eigenvalue weighted by molar-refractivity contribution is 7.98. The number of benzene rings is 1. The fourth-order valence-electron chi connectivity index (χ4n) is 2.31. The van der Waals surface area contributed by atoms with Crippen LogP contribution in [0.5, 0.6) is 0 Å². The average Bonchev–Trinajstić information content (AvgIpc) is 3.02.